The predicted molar refractivity (Wildman–Crippen MR) is 119 cm³/mol. The van der Waals surface area contributed by atoms with Gasteiger partial charge in [0.1, 0.15) is 11.5 Å². The van der Waals surface area contributed by atoms with Gasteiger partial charge < -0.3 is 9.47 Å². The maximum atomic E-state index is 12.5. The molecule has 0 unspecified atom stereocenters. The third-order valence-electron chi connectivity index (χ3n) is 4.98. The van der Waals surface area contributed by atoms with Gasteiger partial charge in [-0.3, -0.25) is 14.8 Å². The van der Waals surface area contributed by atoms with Crippen molar-refractivity contribution in [2.24, 2.45) is 0 Å². The van der Waals surface area contributed by atoms with Crippen molar-refractivity contribution in [2.45, 2.75) is 19.8 Å². The minimum absolute atomic E-state index is 0.00498. The first-order valence-corrected chi connectivity index (χ1v) is 10.2. The summed E-state index contributed by atoms with van der Waals surface area (Å²) in [4.78, 5) is 10.7. The van der Waals surface area contributed by atoms with Crippen LogP contribution in [0, 0.1) is 10.1 Å². The van der Waals surface area contributed by atoms with Crippen molar-refractivity contribution in [3.05, 3.63) is 94.5 Å². The number of nitro benzene ring substituents is 1. The quantitative estimate of drug-likeness (QED) is 0.156. The lowest BCUT2D eigenvalue weighted by molar-refractivity contribution is -0.384. The predicted octanol–water partition coefficient (Wildman–Crippen LogP) is 6.38. The molecule has 0 aliphatic heterocycles. The van der Waals surface area contributed by atoms with Crippen molar-refractivity contribution in [2.75, 3.05) is 0 Å². The fraction of sp³-hybridized carbons (Fsp3) is 0.125. The fourth-order valence-corrected chi connectivity index (χ4v) is 3.47. The van der Waals surface area contributed by atoms with Crippen LogP contribution in [0.4, 0.5) is 23.2 Å². The van der Waals surface area contributed by atoms with E-state index in [2.05, 4.69) is 14.6 Å². The lowest BCUT2D eigenvalue weighted by Gasteiger charge is -2.09. The zero-order valence-electron chi connectivity index (χ0n) is 17.9. The second-order valence-corrected chi connectivity index (χ2v) is 7.31. The molecule has 0 spiro atoms. The Morgan fingerprint density at radius 2 is 1.40 bits per heavy atom. The third-order valence-corrected chi connectivity index (χ3v) is 4.98. The Bertz CT molecular complexity index is 1310. The van der Waals surface area contributed by atoms with Crippen molar-refractivity contribution in [1.82, 2.24) is 9.78 Å². The first kappa shape index (κ1) is 23.7. The van der Waals surface area contributed by atoms with E-state index in [1.165, 1.54) is 36.4 Å². The van der Waals surface area contributed by atoms with Crippen LogP contribution in [-0.2, 0) is 6.54 Å². The summed E-state index contributed by atoms with van der Waals surface area (Å²) in [7, 11) is 0. The van der Waals surface area contributed by atoms with Gasteiger partial charge in [-0.25, -0.2) is 0 Å². The normalized spacial score (nSPS) is 11.1. The number of benzene rings is 3. The molecule has 0 fully saturated rings. The third kappa shape index (κ3) is 5.94. The Balaban J connectivity index is 1.71. The summed E-state index contributed by atoms with van der Waals surface area (Å²) in [6.45, 7) is -5.72. The van der Waals surface area contributed by atoms with Crippen LogP contribution in [0.5, 0.6) is 11.5 Å². The average molecular weight is 487 g/mol. The van der Waals surface area contributed by atoms with Gasteiger partial charge in [-0.15, -0.1) is 0 Å². The average Bonchev–Trinajstić information content (AvgIpc) is 3.23. The molecule has 0 atom stereocenters. The summed E-state index contributed by atoms with van der Waals surface area (Å²) in [5, 5.41) is 15.7. The van der Waals surface area contributed by atoms with E-state index in [0.29, 0.717) is 28.1 Å². The lowest BCUT2D eigenvalue weighted by atomic mass is 10.1. The highest BCUT2D eigenvalue weighted by Crippen LogP contribution is 2.30. The SMILES string of the molecule is O=[N+]([O-])c1cccc(Cn2nc(-c3ccc(OC(F)F)cc3)cc2-c2ccc(OC(F)F)cc2)c1. The van der Waals surface area contributed by atoms with E-state index < -0.39 is 18.1 Å². The summed E-state index contributed by atoms with van der Waals surface area (Å²) in [5.41, 5.74) is 2.90. The number of non-ortho nitro benzene ring substituents is 1. The van der Waals surface area contributed by atoms with Crippen LogP contribution in [0.2, 0.25) is 0 Å². The fourth-order valence-electron chi connectivity index (χ4n) is 3.47. The van der Waals surface area contributed by atoms with E-state index in [4.69, 9.17) is 0 Å². The highest BCUT2D eigenvalue weighted by molar-refractivity contribution is 5.69. The van der Waals surface area contributed by atoms with E-state index in [-0.39, 0.29) is 23.7 Å². The molecule has 1 heterocycles. The zero-order valence-corrected chi connectivity index (χ0v) is 17.9. The summed E-state index contributed by atoms with van der Waals surface area (Å²) in [5.74, 6) is -0.0158. The van der Waals surface area contributed by atoms with Gasteiger partial charge >= 0.3 is 13.2 Å². The molecule has 1 aromatic heterocycles. The van der Waals surface area contributed by atoms with E-state index >= 15 is 0 Å². The second-order valence-electron chi connectivity index (χ2n) is 7.31. The molecule has 180 valence electrons. The van der Waals surface area contributed by atoms with Gasteiger partial charge in [-0.2, -0.15) is 22.7 Å². The number of nitrogens with zero attached hydrogens (tertiary/aromatic N) is 3. The van der Waals surface area contributed by atoms with Crippen molar-refractivity contribution in [3.8, 4) is 34.0 Å². The maximum absolute atomic E-state index is 12.5. The minimum atomic E-state index is -2.95. The molecular formula is C24H17F4N3O4. The lowest BCUT2D eigenvalue weighted by Crippen LogP contribution is -2.05. The molecule has 0 saturated carbocycles. The molecule has 0 amide bonds. The summed E-state index contributed by atoms with van der Waals surface area (Å²) < 4.78 is 60.2. The van der Waals surface area contributed by atoms with Gasteiger partial charge in [0.25, 0.3) is 5.69 Å². The van der Waals surface area contributed by atoms with Gasteiger partial charge in [0.05, 0.1) is 22.9 Å². The summed E-state index contributed by atoms with van der Waals surface area (Å²) >= 11 is 0. The van der Waals surface area contributed by atoms with E-state index in [0.717, 1.165) is 0 Å². The Labute approximate surface area is 196 Å². The largest absolute Gasteiger partial charge is 0.435 e. The highest BCUT2D eigenvalue weighted by atomic mass is 19.3. The van der Waals surface area contributed by atoms with Gasteiger partial charge in [-0.05, 0) is 60.2 Å². The van der Waals surface area contributed by atoms with Gasteiger partial charge in [0, 0.05) is 23.3 Å². The van der Waals surface area contributed by atoms with Crippen molar-refractivity contribution >= 4 is 5.69 Å². The number of halogens is 4. The van der Waals surface area contributed by atoms with Gasteiger partial charge in [-0.1, -0.05) is 12.1 Å². The van der Waals surface area contributed by atoms with Crippen LogP contribution >= 0.6 is 0 Å². The second kappa shape index (κ2) is 10.2. The Morgan fingerprint density at radius 1 is 0.829 bits per heavy atom. The van der Waals surface area contributed by atoms with Gasteiger partial charge in [0.2, 0.25) is 0 Å². The maximum Gasteiger partial charge on any atom is 0.387 e. The molecule has 7 nitrogen and oxygen atoms in total. The van der Waals surface area contributed by atoms with Crippen LogP contribution in [0.3, 0.4) is 0 Å². The Hall–Kier alpha value is -4.41. The number of ether oxygens (including phenoxy) is 2. The topological polar surface area (TPSA) is 79.4 Å². The molecular weight excluding hydrogens is 470 g/mol. The molecule has 0 aliphatic rings. The molecule has 3 aromatic carbocycles. The number of hydrogen-bond donors (Lipinski definition) is 0. The molecule has 0 bridgehead atoms. The molecule has 0 saturated heterocycles. The van der Waals surface area contributed by atoms with E-state index in [1.807, 2.05) is 0 Å². The number of rotatable bonds is 9. The first-order valence-electron chi connectivity index (χ1n) is 10.2. The Morgan fingerprint density at radius 3 is 1.94 bits per heavy atom. The van der Waals surface area contributed by atoms with Crippen molar-refractivity contribution in [1.29, 1.82) is 0 Å². The molecule has 35 heavy (non-hydrogen) atoms. The number of nitro groups is 1. The molecule has 0 aliphatic carbocycles. The highest BCUT2D eigenvalue weighted by Gasteiger charge is 2.15. The number of aromatic nitrogens is 2. The molecule has 4 aromatic rings. The van der Waals surface area contributed by atoms with E-state index in [1.54, 1.807) is 47.1 Å². The summed E-state index contributed by atoms with van der Waals surface area (Å²) in [6.07, 6.45) is 0. The van der Waals surface area contributed by atoms with Crippen molar-refractivity contribution < 1.29 is 32.0 Å². The van der Waals surface area contributed by atoms with Crippen LogP contribution < -0.4 is 9.47 Å². The smallest absolute Gasteiger partial charge is 0.387 e. The number of alkyl halides is 4. The van der Waals surface area contributed by atoms with Gasteiger partial charge in [0.15, 0.2) is 0 Å². The van der Waals surface area contributed by atoms with Crippen LogP contribution in [0.25, 0.3) is 22.5 Å². The molecule has 11 heteroatoms. The number of hydrogen-bond acceptors (Lipinski definition) is 5. The first-order chi connectivity index (χ1) is 16.8. The zero-order chi connectivity index (χ0) is 24.9. The minimum Gasteiger partial charge on any atom is -0.435 e. The van der Waals surface area contributed by atoms with E-state index in [9.17, 15) is 27.7 Å². The van der Waals surface area contributed by atoms with Crippen molar-refractivity contribution in [3.63, 3.8) is 0 Å². The van der Waals surface area contributed by atoms with Crippen LogP contribution in [0.15, 0.2) is 78.9 Å². The Kier molecular flexibility index (Phi) is 6.95. The van der Waals surface area contributed by atoms with Crippen LogP contribution in [-0.4, -0.2) is 27.9 Å². The molecule has 0 N–H and O–H groups in total. The standard InChI is InChI=1S/C24H17F4N3O4/c25-23(26)34-19-8-4-16(5-9-19)21-13-22(17-6-10-20(11-7-17)35-24(27)28)30(29-21)14-15-2-1-3-18(12-15)31(32)33/h1-13,23-24H,14H2. The molecule has 4 rings (SSSR count). The monoisotopic (exact) mass is 487 g/mol. The summed E-state index contributed by atoms with van der Waals surface area (Å²) in [6, 6.07) is 19.7. The molecule has 0 radical (unpaired) electrons. The van der Waals surface area contributed by atoms with Crippen LogP contribution in [0.1, 0.15) is 5.56 Å².